The van der Waals surface area contributed by atoms with E-state index in [2.05, 4.69) is 22.6 Å². The number of benzene rings is 1. The Morgan fingerprint density at radius 2 is 2.06 bits per heavy atom. The Morgan fingerprint density at radius 3 is 2.61 bits per heavy atom. The maximum atomic E-state index is 11.1. The maximum absolute atomic E-state index is 11.1. The van der Waals surface area contributed by atoms with Crippen LogP contribution in [0.2, 0.25) is 0 Å². The summed E-state index contributed by atoms with van der Waals surface area (Å²) in [4.78, 5) is 12.7. The first-order valence-electron chi connectivity index (χ1n) is 5.80. The molecular weight excluding hydrogens is 347 g/mol. The third-order valence-corrected chi connectivity index (χ3v) is 3.99. The SMILES string of the molecule is CC1(O)CCN(c2ccc(I)cc2[N+](=O)[O-])CC1. The van der Waals surface area contributed by atoms with E-state index in [0.29, 0.717) is 31.6 Å². The number of piperidine rings is 1. The molecule has 1 saturated heterocycles. The average Bonchev–Trinajstić information content (AvgIpc) is 2.29. The summed E-state index contributed by atoms with van der Waals surface area (Å²) in [6, 6.07) is 5.25. The molecule has 2 rings (SSSR count). The number of rotatable bonds is 2. The smallest absolute Gasteiger partial charge is 0.293 e. The molecule has 1 aromatic rings. The van der Waals surface area contributed by atoms with Gasteiger partial charge < -0.3 is 10.0 Å². The molecule has 1 N–H and O–H groups in total. The van der Waals surface area contributed by atoms with Crippen LogP contribution in [0.1, 0.15) is 19.8 Å². The number of halogens is 1. The molecule has 0 unspecified atom stereocenters. The third kappa shape index (κ3) is 2.92. The molecule has 0 bridgehead atoms. The van der Waals surface area contributed by atoms with Gasteiger partial charge in [-0.2, -0.15) is 0 Å². The number of nitrogens with zero attached hydrogens (tertiary/aromatic N) is 2. The molecule has 0 aromatic heterocycles. The fourth-order valence-corrected chi connectivity index (χ4v) is 2.61. The Hall–Kier alpha value is -0.890. The fourth-order valence-electron chi connectivity index (χ4n) is 2.14. The van der Waals surface area contributed by atoms with Crippen molar-refractivity contribution in [2.45, 2.75) is 25.4 Å². The van der Waals surface area contributed by atoms with E-state index in [4.69, 9.17) is 0 Å². The van der Waals surface area contributed by atoms with Crippen LogP contribution in [-0.2, 0) is 0 Å². The molecule has 1 fully saturated rings. The second-order valence-electron chi connectivity index (χ2n) is 4.87. The molecular formula is C12H15IN2O3. The Balaban J connectivity index is 2.26. The molecule has 1 aromatic carbocycles. The molecule has 1 aliphatic rings. The molecule has 1 aliphatic heterocycles. The second-order valence-corrected chi connectivity index (χ2v) is 6.12. The Labute approximate surface area is 119 Å². The average molecular weight is 362 g/mol. The van der Waals surface area contributed by atoms with Gasteiger partial charge in [-0.1, -0.05) is 0 Å². The van der Waals surface area contributed by atoms with E-state index >= 15 is 0 Å². The molecule has 0 atom stereocenters. The molecule has 0 spiro atoms. The van der Waals surface area contributed by atoms with Crippen molar-refractivity contribution in [1.82, 2.24) is 0 Å². The lowest BCUT2D eigenvalue weighted by molar-refractivity contribution is -0.384. The quantitative estimate of drug-likeness (QED) is 0.499. The summed E-state index contributed by atoms with van der Waals surface area (Å²) >= 11 is 2.07. The molecule has 98 valence electrons. The van der Waals surface area contributed by atoms with Crippen LogP contribution in [0, 0.1) is 13.7 Å². The van der Waals surface area contributed by atoms with Crippen LogP contribution in [0.15, 0.2) is 18.2 Å². The van der Waals surface area contributed by atoms with Crippen molar-refractivity contribution >= 4 is 34.0 Å². The van der Waals surface area contributed by atoms with E-state index in [1.807, 2.05) is 17.9 Å². The van der Waals surface area contributed by atoms with E-state index in [1.54, 1.807) is 12.1 Å². The minimum atomic E-state index is -0.644. The lowest BCUT2D eigenvalue weighted by atomic mass is 9.93. The topological polar surface area (TPSA) is 66.6 Å². The zero-order valence-corrected chi connectivity index (χ0v) is 12.3. The van der Waals surface area contributed by atoms with Crippen LogP contribution in [0.3, 0.4) is 0 Å². The van der Waals surface area contributed by atoms with Gasteiger partial charge in [-0.05, 0) is 54.5 Å². The van der Waals surface area contributed by atoms with Gasteiger partial charge in [0.15, 0.2) is 0 Å². The first-order chi connectivity index (χ1) is 8.39. The predicted molar refractivity (Wildman–Crippen MR) is 77.9 cm³/mol. The fraction of sp³-hybridized carbons (Fsp3) is 0.500. The molecule has 0 saturated carbocycles. The summed E-state index contributed by atoms with van der Waals surface area (Å²) in [5.41, 5.74) is 0.147. The molecule has 0 aliphatic carbocycles. The molecule has 0 radical (unpaired) electrons. The van der Waals surface area contributed by atoms with Gasteiger partial charge in [0, 0.05) is 22.7 Å². The third-order valence-electron chi connectivity index (χ3n) is 3.32. The molecule has 18 heavy (non-hydrogen) atoms. The van der Waals surface area contributed by atoms with Gasteiger partial charge in [-0.3, -0.25) is 10.1 Å². The molecule has 6 heteroatoms. The van der Waals surface area contributed by atoms with Crippen LogP contribution in [0.4, 0.5) is 11.4 Å². The summed E-state index contributed by atoms with van der Waals surface area (Å²) in [7, 11) is 0. The van der Waals surface area contributed by atoms with E-state index in [-0.39, 0.29) is 10.6 Å². The number of anilines is 1. The van der Waals surface area contributed by atoms with E-state index in [0.717, 1.165) is 3.57 Å². The van der Waals surface area contributed by atoms with E-state index < -0.39 is 5.60 Å². The summed E-state index contributed by atoms with van der Waals surface area (Å²) in [5.74, 6) is 0. The molecule has 5 nitrogen and oxygen atoms in total. The lowest BCUT2D eigenvalue weighted by Gasteiger charge is -2.36. The van der Waals surface area contributed by atoms with Gasteiger partial charge in [0.1, 0.15) is 5.69 Å². The zero-order valence-electron chi connectivity index (χ0n) is 10.1. The van der Waals surface area contributed by atoms with Crippen LogP contribution < -0.4 is 4.90 Å². The molecule has 1 heterocycles. The monoisotopic (exact) mass is 362 g/mol. The van der Waals surface area contributed by atoms with Gasteiger partial charge in [0.2, 0.25) is 0 Å². The minimum absolute atomic E-state index is 0.142. The largest absolute Gasteiger partial charge is 0.390 e. The van der Waals surface area contributed by atoms with Gasteiger partial charge in [0.05, 0.1) is 10.5 Å². The van der Waals surface area contributed by atoms with Crippen molar-refractivity contribution in [1.29, 1.82) is 0 Å². The van der Waals surface area contributed by atoms with Gasteiger partial charge in [0.25, 0.3) is 5.69 Å². The summed E-state index contributed by atoms with van der Waals surface area (Å²) in [6.07, 6.45) is 1.27. The Morgan fingerprint density at radius 1 is 1.44 bits per heavy atom. The molecule has 0 amide bonds. The summed E-state index contributed by atoms with van der Waals surface area (Å²) < 4.78 is 0.854. The first-order valence-corrected chi connectivity index (χ1v) is 6.88. The van der Waals surface area contributed by atoms with E-state index in [1.165, 1.54) is 0 Å². The Kier molecular flexibility index (Phi) is 3.76. The maximum Gasteiger partial charge on any atom is 0.293 e. The number of hydrogen-bond acceptors (Lipinski definition) is 4. The van der Waals surface area contributed by atoms with Crippen LogP contribution in [-0.4, -0.2) is 28.7 Å². The number of aliphatic hydroxyl groups is 1. The highest BCUT2D eigenvalue weighted by molar-refractivity contribution is 14.1. The minimum Gasteiger partial charge on any atom is -0.390 e. The van der Waals surface area contributed by atoms with Crippen LogP contribution in [0.25, 0.3) is 0 Å². The van der Waals surface area contributed by atoms with Crippen LogP contribution >= 0.6 is 22.6 Å². The van der Waals surface area contributed by atoms with Crippen molar-refractivity contribution in [2.75, 3.05) is 18.0 Å². The highest BCUT2D eigenvalue weighted by atomic mass is 127. The standard InChI is InChI=1S/C12H15IN2O3/c1-12(16)4-6-14(7-5-12)10-3-2-9(13)8-11(10)15(17)18/h2-3,8,16H,4-7H2,1H3. The normalized spacial score (nSPS) is 18.7. The second kappa shape index (κ2) is 5.00. The van der Waals surface area contributed by atoms with Crippen molar-refractivity contribution in [3.63, 3.8) is 0 Å². The summed E-state index contributed by atoms with van der Waals surface area (Å²) in [5, 5.41) is 21.0. The van der Waals surface area contributed by atoms with Crippen molar-refractivity contribution < 1.29 is 10.0 Å². The van der Waals surface area contributed by atoms with E-state index in [9.17, 15) is 15.2 Å². The highest BCUT2D eigenvalue weighted by Crippen LogP contribution is 2.33. The number of nitro groups is 1. The van der Waals surface area contributed by atoms with Gasteiger partial charge >= 0.3 is 0 Å². The van der Waals surface area contributed by atoms with Crippen molar-refractivity contribution in [2.24, 2.45) is 0 Å². The summed E-state index contributed by atoms with van der Waals surface area (Å²) in [6.45, 7) is 3.11. The zero-order chi connectivity index (χ0) is 13.3. The van der Waals surface area contributed by atoms with Crippen molar-refractivity contribution in [3.05, 3.63) is 31.9 Å². The number of nitro benzene ring substituents is 1. The first kappa shape index (κ1) is 13.5. The van der Waals surface area contributed by atoms with Gasteiger partial charge in [-0.25, -0.2) is 0 Å². The van der Waals surface area contributed by atoms with Crippen molar-refractivity contribution in [3.8, 4) is 0 Å². The van der Waals surface area contributed by atoms with Gasteiger partial charge in [-0.15, -0.1) is 0 Å². The lowest BCUT2D eigenvalue weighted by Crippen LogP contribution is -2.42. The highest BCUT2D eigenvalue weighted by Gasteiger charge is 2.30. The predicted octanol–water partition coefficient (Wildman–Crippen LogP) is 2.55. The van der Waals surface area contributed by atoms with Crippen LogP contribution in [0.5, 0.6) is 0 Å². The number of hydrogen-bond donors (Lipinski definition) is 1. The Bertz CT molecular complexity index is 466.